The van der Waals surface area contributed by atoms with Crippen molar-refractivity contribution in [2.24, 2.45) is 7.05 Å². The molecule has 0 spiro atoms. The molecule has 0 radical (unpaired) electrons. The highest BCUT2D eigenvalue weighted by Crippen LogP contribution is 2.26. The van der Waals surface area contributed by atoms with Crippen LogP contribution < -0.4 is 4.74 Å². The molecule has 0 unspecified atom stereocenters. The number of aryl methyl sites for hydroxylation is 1. The van der Waals surface area contributed by atoms with E-state index in [1.807, 2.05) is 53.8 Å². The van der Waals surface area contributed by atoms with Crippen molar-refractivity contribution in [3.8, 4) is 5.75 Å². The second-order valence-electron chi connectivity index (χ2n) is 6.25. The lowest BCUT2D eigenvalue weighted by Gasteiger charge is -2.34. The van der Waals surface area contributed by atoms with Crippen molar-refractivity contribution in [3.05, 3.63) is 42.5 Å². The first kappa shape index (κ1) is 16.5. The molecule has 1 aliphatic rings. The molecule has 0 aliphatic carbocycles. The number of likely N-dealkylation sites (tertiary alicyclic amines) is 1. The van der Waals surface area contributed by atoms with Crippen LogP contribution in [-0.2, 0) is 11.8 Å². The first-order valence-corrected chi connectivity index (χ1v) is 8.53. The molecule has 1 saturated heterocycles. The Labute approximate surface area is 142 Å². The van der Waals surface area contributed by atoms with Gasteiger partial charge in [0.05, 0.1) is 0 Å². The second kappa shape index (κ2) is 7.47. The van der Waals surface area contributed by atoms with Gasteiger partial charge in [-0.15, -0.1) is 10.2 Å². The van der Waals surface area contributed by atoms with Gasteiger partial charge in [0.2, 0.25) is 0 Å². The van der Waals surface area contributed by atoms with E-state index in [0.29, 0.717) is 13.0 Å². The molecular weight excluding hydrogens is 304 g/mol. The van der Waals surface area contributed by atoms with E-state index in [9.17, 15) is 4.79 Å². The maximum absolute atomic E-state index is 12.9. The summed E-state index contributed by atoms with van der Waals surface area (Å²) in [6.45, 7) is 3.44. The predicted octanol–water partition coefficient (Wildman–Crippen LogP) is 2.38. The molecule has 1 aliphatic heterocycles. The number of amides is 1. The maximum Gasteiger partial charge on any atom is 0.263 e. The topological polar surface area (TPSA) is 60.2 Å². The lowest BCUT2D eigenvalue weighted by Crippen LogP contribution is -2.46. The van der Waals surface area contributed by atoms with E-state index in [1.165, 1.54) is 0 Å². The van der Waals surface area contributed by atoms with Crippen molar-refractivity contribution in [1.29, 1.82) is 0 Å². The first-order chi connectivity index (χ1) is 11.7. The number of para-hydroxylation sites is 1. The van der Waals surface area contributed by atoms with Crippen molar-refractivity contribution in [2.75, 3.05) is 13.1 Å². The van der Waals surface area contributed by atoms with Crippen LogP contribution >= 0.6 is 0 Å². The summed E-state index contributed by atoms with van der Waals surface area (Å²) in [5.74, 6) is 1.99. The van der Waals surface area contributed by atoms with E-state index in [2.05, 4.69) is 10.2 Å². The largest absolute Gasteiger partial charge is 0.481 e. The smallest absolute Gasteiger partial charge is 0.263 e. The highest BCUT2D eigenvalue weighted by molar-refractivity contribution is 5.81. The lowest BCUT2D eigenvalue weighted by atomic mass is 9.96. The third-order valence-electron chi connectivity index (χ3n) is 4.51. The fraction of sp³-hybridized carbons (Fsp3) is 0.500. The van der Waals surface area contributed by atoms with E-state index in [1.54, 1.807) is 6.33 Å². The molecule has 3 rings (SSSR count). The Morgan fingerprint density at radius 2 is 2.17 bits per heavy atom. The van der Waals surface area contributed by atoms with E-state index in [-0.39, 0.29) is 11.8 Å². The number of carbonyl (C=O) groups excluding carboxylic acids is 1. The van der Waals surface area contributed by atoms with Crippen LogP contribution in [0.3, 0.4) is 0 Å². The summed E-state index contributed by atoms with van der Waals surface area (Å²) in [5, 5.41) is 8.17. The summed E-state index contributed by atoms with van der Waals surface area (Å²) < 4.78 is 7.84. The summed E-state index contributed by atoms with van der Waals surface area (Å²) in [6, 6.07) is 9.53. The summed E-state index contributed by atoms with van der Waals surface area (Å²) >= 11 is 0. The zero-order valence-corrected chi connectivity index (χ0v) is 14.3. The average molecular weight is 328 g/mol. The van der Waals surface area contributed by atoms with Gasteiger partial charge in [0.25, 0.3) is 5.91 Å². The normalized spacial score (nSPS) is 19.1. The SMILES string of the molecule is CC[C@@H](Oc1ccccc1)C(=O)N1CCC[C@@H](c2nncn2C)C1. The molecule has 0 saturated carbocycles. The van der Waals surface area contributed by atoms with Crippen molar-refractivity contribution in [1.82, 2.24) is 19.7 Å². The Balaban J connectivity index is 1.67. The standard InChI is InChI=1S/C18H24N4O2/c1-3-16(24-15-9-5-4-6-10-15)18(23)22-11-7-8-14(12-22)17-20-19-13-21(17)2/h4-6,9-10,13-14,16H,3,7-8,11-12H2,1-2H3/t14-,16-/m1/s1. The molecule has 1 fully saturated rings. The van der Waals surface area contributed by atoms with Gasteiger partial charge in [-0.2, -0.15) is 0 Å². The molecule has 6 nitrogen and oxygen atoms in total. The van der Waals surface area contributed by atoms with Crippen molar-refractivity contribution in [3.63, 3.8) is 0 Å². The van der Waals surface area contributed by atoms with Crippen LogP contribution in [0.25, 0.3) is 0 Å². The maximum atomic E-state index is 12.9. The number of benzene rings is 1. The molecule has 0 bridgehead atoms. The Kier molecular flexibility index (Phi) is 5.13. The van der Waals surface area contributed by atoms with Crippen molar-refractivity contribution >= 4 is 5.91 Å². The Bertz CT molecular complexity index is 671. The number of rotatable bonds is 5. The number of ether oxygens (including phenoxy) is 1. The van der Waals surface area contributed by atoms with Gasteiger partial charge in [-0.1, -0.05) is 25.1 Å². The third-order valence-corrected chi connectivity index (χ3v) is 4.51. The van der Waals surface area contributed by atoms with E-state index in [0.717, 1.165) is 31.0 Å². The monoisotopic (exact) mass is 328 g/mol. The second-order valence-corrected chi connectivity index (χ2v) is 6.25. The van der Waals surface area contributed by atoms with Gasteiger partial charge in [0.15, 0.2) is 6.10 Å². The number of hydrogen-bond donors (Lipinski definition) is 0. The van der Waals surface area contributed by atoms with Gasteiger partial charge < -0.3 is 14.2 Å². The van der Waals surface area contributed by atoms with E-state index < -0.39 is 6.10 Å². The molecule has 2 heterocycles. The van der Waals surface area contributed by atoms with Gasteiger partial charge in [0, 0.05) is 26.1 Å². The Morgan fingerprint density at radius 3 is 2.83 bits per heavy atom. The van der Waals surface area contributed by atoms with Crippen molar-refractivity contribution in [2.45, 2.75) is 38.2 Å². The molecular formula is C18H24N4O2. The molecule has 1 aromatic heterocycles. The molecule has 2 atom stereocenters. The van der Waals surface area contributed by atoms with Crippen molar-refractivity contribution < 1.29 is 9.53 Å². The van der Waals surface area contributed by atoms with Crippen LogP contribution in [0.4, 0.5) is 0 Å². The number of carbonyl (C=O) groups is 1. The number of piperidine rings is 1. The van der Waals surface area contributed by atoms with Crippen LogP contribution in [0, 0.1) is 0 Å². The van der Waals surface area contributed by atoms with Gasteiger partial charge in [0.1, 0.15) is 17.9 Å². The van der Waals surface area contributed by atoms with Gasteiger partial charge in [-0.05, 0) is 31.4 Å². The Morgan fingerprint density at radius 1 is 1.38 bits per heavy atom. The van der Waals surface area contributed by atoms with E-state index >= 15 is 0 Å². The minimum atomic E-state index is -0.439. The highest BCUT2D eigenvalue weighted by Gasteiger charge is 2.31. The summed E-state index contributed by atoms with van der Waals surface area (Å²) in [7, 11) is 1.95. The van der Waals surface area contributed by atoms with Gasteiger partial charge >= 0.3 is 0 Å². The first-order valence-electron chi connectivity index (χ1n) is 8.53. The average Bonchev–Trinajstić information content (AvgIpc) is 3.06. The zero-order valence-electron chi connectivity index (χ0n) is 14.3. The van der Waals surface area contributed by atoms with E-state index in [4.69, 9.17) is 4.74 Å². The predicted molar refractivity (Wildman–Crippen MR) is 90.7 cm³/mol. The molecule has 0 N–H and O–H groups in total. The van der Waals surface area contributed by atoms with Crippen LogP contribution in [0.2, 0.25) is 0 Å². The van der Waals surface area contributed by atoms with Crippen LogP contribution in [0.15, 0.2) is 36.7 Å². The van der Waals surface area contributed by atoms with Gasteiger partial charge in [-0.25, -0.2) is 0 Å². The van der Waals surface area contributed by atoms with Crippen LogP contribution in [0.5, 0.6) is 5.75 Å². The minimum absolute atomic E-state index is 0.0632. The van der Waals surface area contributed by atoms with Gasteiger partial charge in [-0.3, -0.25) is 4.79 Å². The number of aromatic nitrogens is 3. The lowest BCUT2D eigenvalue weighted by molar-refractivity contribution is -0.140. The van der Waals surface area contributed by atoms with Crippen LogP contribution in [-0.4, -0.2) is 44.8 Å². The molecule has 24 heavy (non-hydrogen) atoms. The zero-order chi connectivity index (χ0) is 16.9. The number of hydrogen-bond acceptors (Lipinski definition) is 4. The number of nitrogens with zero attached hydrogens (tertiary/aromatic N) is 4. The minimum Gasteiger partial charge on any atom is -0.481 e. The molecule has 1 aromatic carbocycles. The quantitative estimate of drug-likeness (QED) is 0.845. The fourth-order valence-electron chi connectivity index (χ4n) is 3.23. The fourth-order valence-corrected chi connectivity index (χ4v) is 3.23. The molecule has 6 heteroatoms. The summed E-state index contributed by atoms with van der Waals surface area (Å²) in [4.78, 5) is 14.8. The highest BCUT2D eigenvalue weighted by atomic mass is 16.5. The molecule has 128 valence electrons. The summed E-state index contributed by atoms with van der Waals surface area (Å²) in [6.07, 6.45) is 3.94. The Hall–Kier alpha value is -2.37. The van der Waals surface area contributed by atoms with Crippen LogP contribution in [0.1, 0.15) is 37.9 Å². The molecule has 2 aromatic rings. The molecule has 1 amide bonds. The summed E-state index contributed by atoms with van der Waals surface area (Å²) in [5.41, 5.74) is 0. The third kappa shape index (κ3) is 3.58.